The van der Waals surface area contributed by atoms with Gasteiger partial charge in [0.15, 0.2) is 0 Å². The van der Waals surface area contributed by atoms with E-state index in [1.54, 1.807) is 35.4 Å². The number of aromatic nitrogens is 2. The number of furan rings is 1. The molecule has 0 radical (unpaired) electrons. The van der Waals surface area contributed by atoms with E-state index in [9.17, 15) is 13.6 Å². The molecule has 0 atom stereocenters. The second-order valence-corrected chi connectivity index (χ2v) is 5.68. The van der Waals surface area contributed by atoms with Crippen molar-refractivity contribution in [3.05, 3.63) is 59.4 Å². The summed E-state index contributed by atoms with van der Waals surface area (Å²) in [4.78, 5) is 18.0. The number of hydrogen-bond acceptors (Lipinski definition) is 5. The molecule has 6 nitrogen and oxygen atoms in total. The van der Waals surface area contributed by atoms with E-state index in [-0.39, 0.29) is 11.7 Å². The number of alkyl halides is 2. The fraction of sp³-hybridized carbons (Fsp3) is 0.278. The monoisotopic (exact) mass is 361 g/mol. The van der Waals surface area contributed by atoms with Crippen LogP contribution in [0.4, 0.5) is 8.78 Å². The SMILES string of the molecule is CCN(Cc1occc1C)C(=O)c1ccc(-c2noc(C(F)F)n2)cc1. The Morgan fingerprint density at radius 2 is 1.96 bits per heavy atom. The van der Waals surface area contributed by atoms with Crippen molar-refractivity contribution in [2.24, 2.45) is 0 Å². The van der Waals surface area contributed by atoms with Crippen molar-refractivity contribution in [2.75, 3.05) is 6.54 Å². The van der Waals surface area contributed by atoms with E-state index in [4.69, 9.17) is 4.42 Å². The quantitative estimate of drug-likeness (QED) is 0.657. The van der Waals surface area contributed by atoms with Gasteiger partial charge in [-0.3, -0.25) is 4.79 Å². The lowest BCUT2D eigenvalue weighted by Gasteiger charge is -2.20. The summed E-state index contributed by atoms with van der Waals surface area (Å²) in [5.41, 5.74) is 1.94. The number of rotatable bonds is 6. The van der Waals surface area contributed by atoms with Crippen molar-refractivity contribution in [3.63, 3.8) is 0 Å². The van der Waals surface area contributed by atoms with E-state index in [1.807, 2.05) is 19.9 Å². The summed E-state index contributed by atoms with van der Waals surface area (Å²) >= 11 is 0. The molecule has 0 saturated carbocycles. The number of halogens is 2. The summed E-state index contributed by atoms with van der Waals surface area (Å²) in [5.74, 6) is -0.0941. The van der Waals surface area contributed by atoms with Crippen LogP contribution in [-0.2, 0) is 6.54 Å². The Morgan fingerprint density at radius 1 is 1.23 bits per heavy atom. The molecule has 0 aliphatic heterocycles. The summed E-state index contributed by atoms with van der Waals surface area (Å²) in [7, 11) is 0. The second kappa shape index (κ2) is 7.47. The van der Waals surface area contributed by atoms with Gasteiger partial charge in [-0.15, -0.1) is 0 Å². The van der Waals surface area contributed by atoms with Crippen LogP contribution in [0.5, 0.6) is 0 Å². The van der Waals surface area contributed by atoms with Gasteiger partial charge in [0.25, 0.3) is 11.8 Å². The molecular formula is C18H17F2N3O3. The number of amides is 1. The predicted molar refractivity (Wildman–Crippen MR) is 88.6 cm³/mol. The summed E-state index contributed by atoms with van der Waals surface area (Å²) in [6, 6.07) is 8.25. The topological polar surface area (TPSA) is 72.4 Å². The summed E-state index contributed by atoms with van der Waals surface area (Å²) < 4.78 is 34.9. The minimum atomic E-state index is -2.82. The Labute approximate surface area is 148 Å². The highest BCUT2D eigenvalue weighted by atomic mass is 19.3. The van der Waals surface area contributed by atoms with Crippen LogP contribution in [0.3, 0.4) is 0 Å². The zero-order valence-corrected chi connectivity index (χ0v) is 14.3. The molecule has 2 aromatic heterocycles. The van der Waals surface area contributed by atoms with Gasteiger partial charge < -0.3 is 13.8 Å². The van der Waals surface area contributed by atoms with Crippen LogP contribution in [0.15, 0.2) is 45.5 Å². The molecular weight excluding hydrogens is 344 g/mol. The third-order valence-electron chi connectivity index (χ3n) is 3.99. The highest BCUT2D eigenvalue weighted by molar-refractivity contribution is 5.94. The molecule has 3 aromatic rings. The standard InChI is InChI=1S/C18H17F2N3O3/c1-3-23(10-14-11(2)8-9-25-14)18(24)13-6-4-12(5-7-13)16-21-17(15(19)20)26-22-16/h4-9,15H,3,10H2,1-2H3. The average molecular weight is 361 g/mol. The van der Waals surface area contributed by atoms with Crippen molar-refractivity contribution >= 4 is 5.91 Å². The molecule has 0 aliphatic rings. The smallest absolute Gasteiger partial charge is 0.315 e. The first-order chi connectivity index (χ1) is 12.5. The Kier molecular flexibility index (Phi) is 5.11. The molecule has 0 spiro atoms. The highest BCUT2D eigenvalue weighted by Crippen LogP contribution is 2.22. The lowest BCUT2D eigenvalue weighted by molar-refractivity contribution is 0.0741. The van der Waals surface area contributed by atoms with Crippen LogP contribution in [0.2, 0.25) is 0 Å². The molecule has 0 fully saturated rings. The van der Waals surface area contributed by atoms with Crippen LogP contribution in [0.1, 0.15) is 40.9 Å². The third-order valence-corrected chi connectivity index (χ3v) is 3.99. The Bertz CT molecular complexity index is 887. The molecule has 8 heteroatoms. The van der Waals surface area contributed by atoms with Crippen molar-refractivity contribution in [3.8, 4) is 11.4 Å². The molecule has 3 rings (SSSR count). The number of hydrogen-bond donors (Lipinski definition) is 0. The molecule has 1 amide bonds. The Morgan fingerprint density at radius 3 is 2.50 bits per heavy atom. The molecule has 0 aliphatic carbocycles. The molecule has 0 bridgehead atoms. The summed E-state index contributed by atoms with van der Waals surface area (Å²) in [6.07, 6.45) is -1.23. The van der Waals surface area contributed by atoms with Crippen LogP contribution in [0, 0.1) is 6.92 Å². The van der Waals surface area contributed by atoms with Crippen LogP contribution >= 0.6 is 0 Å². The first-order valence-corrected chi connectivity index (χ1v) is 8.04. The first-order valence-electron chi connectivity index (χ1n) is 8.04. The Balaban J connectivity index is 1.75. The number of carbonyl (C=O) groups is 1. The van der Waals surface area contributed by atoms with Gasteiger partial charge in [-0.05, 0) is 37.6 Å². The fourth-order valence-corrected chi connectivity index (χ4v) is 2.45. The van der Waals surface area contributed by atoms with Gasteiger partial charge in [-0.25, -0.2) is 0 Å². The molecule has 0 unspecified atom stereocenters. The minimum Gasteiger partial charge on any atom is -0.467 e. The number of aryl methyl sites for hydroxylation is 1. The van der Waals surface area contributed by atoms with Crippen molar-refractivity contribution in [1.82, 2.24) is 15.0 Å². The van der Waals surface area contributed by atoms with Crippen molar-refractivity contribution in [2.45, 2.75) is 26.8 Å². The number of carbonyl (C=O) groups excluding carboxylic acids is 1. The summed E-state index contributed by atoms with van der Waals surface area (Å²) in [6.45, 7) is 4.70. The lowest BCUT2D eigenvalue weighted by Crippen LogP contribution is -2.30. The van der Waals surface area contributed by atoms with E-state index < -0.39 is 12.3 Å². The van der Waals surface area contributed by atoms with Crippen LogP contribution < -0.4 is 0 Å². The second-order valence-electron chi connectivity index (χ2n) is 5.68. The van der Waals surface area contributed by atoms with Crippen LogP contribution in [0.25, 0.3) is 11.4 Å². The first kappa shape index (κ1) is 17.8. The molecule has 0 N–H and O–H groups in total. The largest absolute Gasteiger partial charge is 0.467 e. The average Bonchev–Trinajstić information content (AvgIpc) is 3.29. The normalized spacial score (nSPS) is 11.1. The number of nitrogens with zero attached hydrogens (tertiary/aromatic N) is 3. The van der Waals surface area contributed by atoms with E-state index in [1.165, 1.54) is 0 Å². The molecule has 1 aromatic carbocycles. The predicted octanol–water partition coefficient (Wildman–Crippen LogP) is 4.24. The zero-order valence-electron chi connectivity index (χ0n) is 14.3. The molecule has 26 heavy (non-hydrogen) atoms. The van der Waals surface area contributed by atoms with Gasteiger partial charge in [0.05, 0.1) is 12.8 Å². The molecule has 136 valence electrons. The van der Waals surface area contributed by atoms with Crippen molar-refractivity contribution in [1.29, 1.82) is 0 Å². The van der Waals surface area contributed by atoms with Gasteiger partial charge in [-0.2, -0.15) is 13.8 Å². The summed E-state index contributed by atoms with van der Waals surface area (Å²) in [5, 5.41) is 3.52. The fourth-order valence-electron chi connectivity index (χ4n) is 2.45. The Hall–Kier alpha value is -3.03. The third kappa shape index (κ3) is 3.63. The molecule has 0 saturated heterocycles. The van der Waals surface area contributed by atoms with E-state index in [0.717, 1.165) is 11.3 Å². The van der Waals surface area contributed by atoms with Gasteiger partial charge in [0.1, 0.15) is 5.76 Å². The van der Waals surface area contributed by atoms with E-state index in [0.29, 0.717) is 24.2 Å². The number of benzene rings is 1. The van der Waals surface area contributed by atoms with Gasteiger partial charge in [0, 0.05) is 17.7 Å². The van der Waals surface area contributed by atoms with Gasteiger partial charge in [0.2, 0.25) is 5.82 Å². The van der Waals surface area contributed by atoms with E-state index in [2.05, 4.69) is 14.7 Å². The maximum absolute atomic E-state index is 12.7. The zero-order chi connectivity index (χ0) is 18.7. The van der Waals surface area contributed by atoms with Crippen molar-refractivity contribution < 1.29 is 22.5 Å². The van der Waals surface area contributed by atoms with Gasteiger partial charge in [-0.1, -0.05) is 17.3 Å². The minimum absolute atomic E-state index is 0.0536. The highest BCUT2D eigenvalue weighted by Gasteiger charge is 2.19. The van der Waals surface area contributed by atoms with E-state index >= 15 is 0 Å². The lowest BCUT2D eigenvalue weighted by atomic mass is 10.1. The molecule has 2 heterocycles. The van der Waals surface area contributed by atoms with Crippen LogP contribution in [-0.4, -0.2) is 27.5 Å². The van der Waals surface area contributed by atoms with Gasteiger partial charge >= 0.3 is 6.43 Å². The maximum atomic E-state index is 12.7. The maximum Gasteiger partial charge on any atom is 0.315 e.